The highest BCUT2D eigenvalue weighted by Crippen LogP contribution is 2.37. The Morgan fingerprint density at radius 2 is 2.07 bits per heavy atom. The first-order valence-corrected chi connectivity index (χ1v) is 10.7. The van der Waals surface area contributed by atoms with Gasteiger partial charge in [-0.1, -0.05) is 29.4 Å². The molecule has 0 radical (unpaired) electrons. The second-order valence-corrected chi connectivity index (χ2v) is 8.80. The molecule has 1 saturated heterocycles. The lowest BCUT2D eigenvalue weighted by molar-refractivity contribution is -0.461. The SMILES string of the molecule is N/C=C\C1=[NH+]CC2(CCN(c3cnc(Sc4cccc(F)c4Cl)cn3)CC2)[C@@H]1N. The molecule has 0 saturated carbocycles. The molecule has 1 aromatic carbocycles. The number of halogens is 2. The van der Waals surface area contributed by atoms with Crippen LogP contribution in [-0.4, -0.2) is 41.4 Å². The molecule has 2 aromatic rings. The van der Waals surface area contributed by atoms with Gasteiger partial charge in [-0.25, -0.2) is 19.4 Å². The Balaban J connectivity index is 1.39. The molecule has 6 nitrogen and oxygen atoms in total. The number of piperidine rings is 1. The van der Waals surface area contributed by atoms with Gasteiger partial charge in [0, 0.05) is 30.3 Å². The number of hydrogen-bond donors (Lipinski definition) is 3. The third-order valence-corrected chi connectivity index (χ3v) is 7.22. The average molecular weight is 434 g/mol. The smallest absolute Gasteiger partial charge is 0.193 e. The molecule has 0 unspecified atom stereocenters. The lowest BCUT2D eigenvalue weighted by atomic mass is 9.73. The highest BCUT2D eigenvalue weighted by Gasteiger charge is 2.49. The quantitative estimate of drug-likeness (QED) is 0.673. The molecule has 152 valence electrons. The first kappa shape index (κ1) is 20.1. The molecule has 1 spiro atoms. The van der Waals surface area contributed by atoms with Crippen LogP contribution in [0.4, 0.5) is 10.2 Å². The van der Waals surface area contributed by atoms with Crippen LogP contribution in [-0.2, 0) is 0 Å². The molecule has 9 heteroatoms. The van der Waals surface area contributed by atoms with Gasteiger partial charge in [0.25, 0.3) is 0 Å². The van der Waals surface area contributed by atoms with Crippen LogP contribution >= 0.6 is 23.4 Å². The number of aromatic nitrogens is 2. The van der Waals surface area contributed by atoms with Gasteiger partial charge in [0.1, 0.15) is 29.2 Å². The molecule has 3 heterocycles. The Morgan fingerprint density at radius 3 is 2.76 bits per heavy atom. The summed E-state index contributed by atoms with van der Waals surface area (Å²) in [6.07, 6.45) is 8.79. The maximum absolute atomic E-state index is 13.6. The molecule has 1 fully saturated rings. The Labute approximate surface area is 178 Å². The second-order valence-electron chi connectivity index (χ2n) is 7.36. The van der Waals surface area contributed by atoms with Crippen LogP contribution < -0.4 is 21.4 Å². The van der Waals surface area contributed by atoms with Crippen molar-refractivity contribution in [3.05, 3.63) is 53.7 Å². The molecule has 1 aromatic heterocycles. The lowest BCUT2D eigenvalue weighted by Crippen LogP contribution is -2.71. The van der Waals surface area contributed by atoms with Gasteiger partial charge in [0.05, 0.1) is 22.8 Å². The fraction of sp³-hybridized carbons (Fsp3) is 0.350. The van der Waals surface area contributed by atoms with Crippen LogP contribution in [0.1, 0.15) is 12.8 Å². The number of rotatable bonds is 4. The number of anilines is 1. The van der Waals surface area contributed by atoms with Crippen molar-refractivity contribution in [3.63, 3.8) is 0 Å². The van der Waals surface area contributed by atoms with Crippen LogP contribution in [0.5, 0.6) is 0 Å². The zero-order valence-electron chi connectivity index (χ0n) is 15.8. The van der Waals surface area contributed by atoms with Gasteiger partial charge < -0.3 is 16.4 Å². The number of nitrogens with zero attached hydrogens (tertiary/aromatic N) is 3. The third-order valence-electron chi connectivity index (χ3n) is 5.74. The summed E-state index contributed by atoms with van der Waals surface area (Å²) >= 11 is 7.31. The Bertz CT molecular complexity index is 940. The van der Waals surface area contributed by atoms with Gasteiger partial charge in [-0.05, 0) is 25.0 Å². The first-order valence-electron chi connectivity index (χ1n) is 9.46. The number of benzene rings is 1. The summed E-state index contributed by atoms with van der Waals surface area (Å²) in [7, 11) is 0. The van der Waals surface area contributed by atoms with Crippen molar-refractivity contribution in [2.24, 2.45) is 16.9 Å². The molecular weight excluding hydrogens is 411 g/mol. The maximum atomic E-state index is 13.6. The predicted molar refractivity (Wildman–Crippen MR) is 114 cm³/mol. The van der Waals surface area contributed by atoms with Gasteiger partial charge in [0.2, 0.25) is 0 Å². The van der Waals surface area contributed by atoms with Gasteiger partial charge in [-0.3, -0.25) is 0 Å². The predicted octanol–water partition coefficient (Wildman–Crippen LogP) is 1.34. The van der Waals surface area contributed by atoms with Crippen molar-refractivity contribution in [2.45, 2.75) is 28.8 Å². The topological polar surface area (TPSA) is 95.0 Å². The van der Waals surface area contributed by atoms with Gasteiger partial charge in [0.15, 0.2) is 5.71 Å². The van der Waals surface area contributed by atoms with Crippen molar-refractivity contribution < 1.29 is 9.38 Å². The Morgan fingerprint density at radius 1 is 1.28 bits per heavy atom. The van der Waals surface area contributed by atoms with Crippen molar-refractivity contribution in [3.8, 4) is 0 Å². The van der Waals surface area contributed by atoms with Crippen molar-refractivity contribution in [2.75, 3.05) is 24.5 Å². The Hall–Kier alpha value is -2.16. The zero-order valence-corrected chi connectivity index (χ0v) is 17.4. The highest BCUT2D eigenvalue weighted by atomic mass is 35.5. The van der Waals surface area contributed by atoms with E-state index in [-0.39, 0.29) is 16.5 Å². The molecule has 2 aliphatic heterocycles. The van der Waals surface area contributed by atoms with E-state index in [0.29, 0.717) is 9.92 Å². The van der Waals surface area contributed by atoms with Crippen LogP contribution in [0.2, 0.25) is 5.02 Å². The summed E-state index contributed by atoms with van der Waals surface area (Å²) in [5.74, 6) is 0.394. The highest BCUT2D eigenvalue weighted by molar-refractivity contribution is 7.99. The second kappa shape index (κ2) is 8.30. The van der Waals surface area contributed by atoms with Crippen molar-refractivity contribution >= 4 is 34.9 Å². The van der Waals surface area contributed by atoms with Crippen LogP contribution in [0, 0.1) is 11.2 Å². The van der Waals surface area contributed by atoms with E-state index >= 15 is 0 Å². The standard InChI is InChI=1S/C20H22ClFN6S/c21-18-13(22)2-1-3-15(18)29-17-11-25-16(10-26-17)28-8-5-20(6-9-28)12-27-14(4-7-23)19(20)24/h1-4,7,10-11,19H,5-6,8-9,12,23-24H2/p+1/b7-4-/t19-/m1/s1. The molecule has 5 N–H and O–H groups in total. The molecule has 1 atom stereocenters. The number of nitrogens with one attached hydrogen (secondary N) is 1. The van der Waals surface area contributed by atoms with Gasteiger partial charge in [-0.2, -0.15) is 0 Å². The maximum Gasteiger partial charge on any atom is 0.193 e. The van der Waals surface area contributed by atoms with Crippen molar-refractivity contribution in [1.29, 1.82) is 0 Å². The zero-order chi connectivity index (χ0) is 20.4. The molecule has 29 heavy (non-hydrogen) atoms. The fourth-order valence-corrected chi connectivity index (χ4v) is 4.98. The third kappa shape index (κ3) is 3.97. The molecule has 4 rings (SSSR count). The van der Waals surface area contributed by atoms with Gasteiger partial charge >= 0.3 is 0 Å². The van der Waals surface area contributed by atoms with E-state index in [0.717, 1.165) is 44.0 Å². The molecule has 0 bridgehead atoms. The minimum absolute atomic E-state index is 0.0228. The summed E-state index contributed by atoms with van der Waals surface area (Å²) < 4.78 is 13.6. The van der Waals surface area contributed by atoms with Gasteiger partial charge in [-0.15, -0.1) is 0 Å². The first-order chi connectivity index (χ1) is 14.0. The van der Waals surface area contributed by atoms with Crippen LogP contribution in [0.15, 0.2) is 52.8 Å². The average Bonchev–Trinajstić information content (AvgIpc) is 3.03. The number of nitrogens with two attached hydrogens (primary N) is 2. The largest absolute Gasteiger partial charge is 0.404 e. The van der Waals surface area contributed by atoms with E-state index < -0.39 is 5.82 Å². The summed E-state index contributed by atoms with van der Waals surface area (Å²) in [5.41, 5.74) is 13.1. The molecule has 2 aliphatic rings. The minimum atomic E-state index is -0.439. The fourth-order valence-electron chi connectivity index (χ4n) is 3.96. The van der Waals surface area contributed by atoms with Crippen LogP contribution in [0.3, 0.4) is 0 Å². The van der Waals surface area contributed by atoms with E-state index in [1.807, 2.05) is 6.08 Å². The normalized spacial score (nSPS) is 21.1. The number of hydrogen-bond acceptors (Lipinski definition) is 6. The van der Waals surface area contributed by atoms with E-state index in [1.165, 1.54) is 24.0 Å². The monoisotopic (exact) mass is 433 g/mol. The van der Waals surface area contributed by atoms with E-state index in [9.17, 15) is 4.39 Å². The van der Waals surface area contributed by atoms with Crippen molar-refractivity contribution in [1.82, 2.24) is 9.97 Å². The van der Waals surface area contributed by atoms with E-state index in [2.05, 4.69) is 19.9 Å². The summed E-state index contributed by atoms with van der Waals surface area (Å²) in [4.78, 5) is 15.3. The van der Waals surface area contributed by atoms with E-state index in [1.54, 1.807) is 24.5 Å². The summed E-state index contributed by atoms with van der Waals surface area (Å²) in [6, 6.07) is 4.71. The molecule has 0 aliphatic carbocycles. The lowest BCUT2D eigenvalue weighted by Gasteiger charge is -2.39. The summed E-state index contributed by atoms with van der Waals surface area (Å²) in [5, 5.41) is 0.774. The molecule has 0 amide bonds. The Kier molecular flexibility index (Phi) is 5.76. The summed E-state index contributed by atoms with van der Waals surface area (Å²) in [6.45, 7) is 2.61. The minimum Gasteiger partial charge on any atom is -0.404 e. The van der Waals surface area contributed by atoms with Crippen LogP contribution in [0.25, 0.3) is 0 Å². The molecular formula is C20H23ClFN6S+. The van der Waals surface area contributed by atoms with E-state index in [4.69, 9.17) is 23.1 Å².